The van der Waals surface area contributed by atoms with E-state index < -0.39 is 8.32 Å². The SMILES string of the molecule is CCC(O[Si](C)(C)C(C)(C)C)[C@H]1NC(=O)[C@@H]1Sc1ccccc1. The fraction of sp³-hybridized carbons (Fsp3) is 0.611. The lowest BCUT2D eigenvalue weighted by molar-refractivity contribution is -0.129. The van der Waals surface area contributed by atoms with Crippen LogP contribution in [0.4, 0.5) is 0 Å². The van der Waals surface area contributed by atoms with E-state index in [1.807, 2.05) is 18.2 Å². The quantitative estimate of drug-likeness (QED) is 0.608. The van der Waals surface area contributed by atoms with Gasteiger partial charge in [0.2, 0.25) is 5.91 Å². The van der Waals surface area contributed by atoms with Crippen molar-refractivity contribution >= 4 is 26.0 Å². The highest BCUT2D eigenvalue weighted by atomic mass is 32.2. The van der Waals surface area contributed by atoms with E-state index in [4.69, 9.17) is 4.43 Å². The maximum absolute atomic E-state index is 12.1. The third-order valence-electron chi connectivity index (χ3n) is 4.95. The maximum Gasteiger partial charge on any atom is 0.236 e. The van der Waals surface area contributed by atoms with Crippen molar-refractivity contribution in [3.63, 3.8) is 0 Å². The molecule has 3 nitrogen and oxygen atoms in total. The maximum atomic E-state index is 12.1. The van der Waals surface area contributed by atoms with Crippen molar-refractivity contribution in [3.8, 4) is 0 Å². The van der Waals surface area contributed by atoms with Gasteiger partial charge >= 0.3 is 0 Å². The van der Waals surface area contributed by atoms with Crippen molar-refractivity contribution in [1.29, 1.82) is 0 Å². The number of benzene rings is 1. The molecule has 0 spiro atoms. The van der Waals surface area contributed by atoms with Gasteiger partial charge in [-0.1, -0.05) is 45.9 Å². The minimum Gasteiger partial charge on any atom is -0.412 e. The van der Waals surface area contributed by atoms with Crippen LogP contribution in [0.3, 0.4) is 0 Å². The fourth-order valence-electron chi connectivity index (χ4n) is 2.42. The topological polar surface area (TPSA) is 38.3 Å². The molecule has 1 saturated heterocycles. The lowest BCUT2D eigenvalue weighted by atomic mass is 9.98. The van der Waals surface area contributed by atoms with Gasteiger partial charge < -0.3 is 9.74 Å². The highest BCUT2D eigenvalue weighted by Gasteiger charge is 2.48. The van der Waals surface area contributed by atoms with E-state index in [-0.39, 0.29) is 28.3 Å². The molecule has 1 fully saturated rings. The summed E-state index contributed by atoms with van der Waals surface area (Å²) in [6.45, 7) is 13.4. The Hall–Kier alpha value is -0.783. The van der Waals surface area contributed by atoms with E-state index in [0.29, 0.717) is 0 Å². The predicted molar refractivity (Wildman–Crippen MR) is 100 cm³/mol. The van der Waals surface area contributed by atoms with Crippen molar-refractivity contribution in [2.24, 2.45) is 0 Å². The van der Waals surface area contributed by atoms with Gasteiger partial charge in [0.1, 0.15) is 5.25 Å². The largest absolute Gasteiger partial charge is 0.412 e. The van der Waals surface area contributed by atoms with Gasteiger partial charge in [0.15, 0.2) is 8.32 Å². The Labute approximate surface area is 145 Å². The molecule has 1 aromatic carbocycles. The van der Waals surface area contributed by atoms with Crippen LogP contribution in [0, 0.1) is 0 Å². The van der Waals surface area contributed by atoms with Gasteiger partial charge in [-0.05, 0) is 36.7 Å². The molecular formula is C18H29NO2SSi. The molecule has 5 heteroatoms. The molecular weight excluding hydrogens is 322 g/mol. The zero-order valence-corrected chi connectivity index (χ0v) is 16.9. The van der Waals surface area contributed by atoms with E-state index in [2.05, 4.69) is 58.2 Å². The molecule has 1 amide bonds. The highest BCUT2D eigenvalue weighted by molar-refractivity contribution is 8.00. The Balaban J connectivity index is 2.07. The molecule has 128 valence electrons. The molecule has 0 saturated carbocycles. The van der Waals surface area contributed by atoms with Gasteiger partial charge in [0.25, 0.3) is 0 Å². The number of nitrogens with one attached hydrogen (secondary N) is 1. The van der Waals surface area contributed by atoms with Crippen molar-refractivity contribution in [3.05, 3.63) is 30.3 Å². The predicted octanol–water partition coefficient (Wildman–Crippen LogP) is 4.45. The zero-order chi connectivity index (χ0) is 17.3. The number of carbonyl (C=O) groups is 1. The summed E-state index contributed by atoms with van der Waals surface area (Å²) >= 11 is 1.65. The average molecular weight is 352 g/mol. The van der Waals surface area contributed by atoms with Crippen LogP contribution in [0.5, 0.6) is 0 Å². The van der Waals surface area contributed by atoms with E-state index in [1.165, 1.54) is 0 Å². The summed E-state index contributed by atoms with van der Waals surface area (Å²) in [5, 5.41) is 3.20. The summed E-state index contributed by atoms with van der Waals surface area (Å²) in [6.07, 6.45) is 1.01. The average Bonchev–Trinajstić information content (AvgIpc) is 2.48. The molecule has 1 unspecified atom stereocenters. The fourth-order valence-corrected chi connectivity index (χ4v) is 5.01. The summed E-state index contributed by atoms with van der Waals surface area (Å²) in [6, 6.07) is 10.2. The lowest BCUT2D eigenvalue weighted by Gasteiger charge is -2.46. The van der Waals surface area contributed by atoms with Crippen molar-refractivity contribution in [1.82, 2.24) is 5.32 Å². The monoisotopic (exact) mass is 351 g/mol. The number of β-lactam (4-membered cyclic amide) rings is 1. The number of amides is 1. The first-order valence-electron chi connectivity index (χ1n) is 8.35. The van der Waals surface area contributed by atoms with E-state index >= 15 is 0 Å². The standard InChI is InChI=1S/C18H29NO2SSi/c1-7-14(21-23(5,6)18(2,3)4)15-16(17(20)19-15)22-13-11-9-8-10-12-13/h8-12,14-16H,7H2,1-6H3,(H,19,20)/t14?,15-,16-/m1/s1. The molecule has 0 bridgehead atoms. The van der Waals surface area contributed by atoms with Gasteiger partial charge in [0.05, 0.1) is 12.1 Å². The number of hydrogen-bond acceptors (Lipinski definition) is 3. The number of thioether (sulfide) groups is 1. The molecule has 3 atom stereocenters. The summed E-state index contributed by atoms with van der Waals surface area (Å²) in [7, 11) is -1.84. The lowest BCUT2D eigenvalue weighted by Crippen LogP contribution is -2.67. The second kappa shape index (κ2) is 6.99. The summed E-state index contributed by atoms with van der Waals surface area (Å²) in [4.78, 5) is 13.2. The Morgan fingerprint density at radius 1 is 1.26 bits per heavy atom. The second-order valence-corrected chi connectivity index (χ2v) is 13.7. The molecule has 0 radical (unpaired) electrons. The van der Waals surface area contributed by atoms with Crippen LogP contribution in [-0.4, -0.2) is 31.6 Å². The molecule has 0 aliphatic carbocycles. The van der Waals surface area contributed by atoms with Gasteiger partial charge in [0, 0.05) is 4.90 Å². The van der Waals surface area contributed by atoms with E-state index in [0.717, 1.165) is 11.3 Å². The van der Waals surface area contributed by atoms with Crippen LogP contribution in [0.2, 0.25) is 18.1 Å². The van der Waals surface area contributed by atoms with Crippen LogP contribution < -0.4 is 5.32 Å². The molecule has 1 aliphatic heterocycles. The van der Waals surface area contributed by atoms with Crippen LogP contribution in [0.25, 0.3) is 0 Å². The van der Waals surface area contributed by atoms with Crippen molar-refractivity contribution in [2.45, 2.75) is 74.5 Å². The van der Waals surface area contributed by atoms with E-state index in [9.17, 15) is 4.79 Å². The molecule has 1 aliphatic rings. The smallest absolute Gasteiger partial charge is 0.236 e. The molecule has 23 heavy (non-hydrogen) atoms. The number of hydrogen-bond donors (Lipinski definition) is 1. The summed E-state index contributed by atoms with van der Waals surface area (Å²) in [5.74, 6) is 0.126. The van der Waals surface area contributed by atoms with Gasteiger partial charge in [-0.25, -0.2) is 0 Å². The first kappa shape index (κ1) is 18.6. The first-order chi connectivity index (χ1) is 10.7. The van der Waals surface area contributed by atoms with Crippen LogP contribution in [0.15, 0.2) is 35.2 Å². The minimum absolute atomic E-state index is 0.0490. The van der Waals surface area contributed by atoms with Crippen LogP contribution >= 0.6 is 11.8 Å². The Bertz CT molecular complexity index is 542. The Kier molecular flexibility index (Phi) is 5.64. The molecule has 0 aromatic heterocycles. The number of rotatable bonds is 6. The molecule has 1 heterocycles. The van der Waals surface area contributed by atoms with Crippen LogP contribution in [-0.2, 0) is 9.22 Å². The Morgan fingerprint density at radius 3 is 2.35 bits per heavy atom. The third kappa shape index (κ3) is 4.20. The van der Waals surface area contributed by atoms with Crippen molar-refractivity contribution in [2.75, 3.05) is 0 Å². The van der Waals surface area contributed by atoms with Gasteiger partial charge in [-0.3, -0.25) is 4.79 Å². The van der Waals surface area contributed by atoms with E-state index in [1.54, 1.807) is 11.8 Å². The second-order valence-electron chi connectivity index (χ2n) is 7.71. The number of carbonyl (C=O) groups excluding carboxylic acids is 1. The zero-order valence-electron chi connectivity index (χ0n) is 15.1. The Morgan fingerprint density at radius 2 is 1.87 bits per heavy atom. The van der Waals surface area contributed by atoms with Crippen LogP contribution in [0.1, 0.15) is 34.1 Å². The third-order valence-corrected chi connectivity index (χ3v) is 10.8. The molecule has 1 aromatic rings. The van der Waals surface area contributed by atoms with Gasteiger partial charge in [-0.2, -0.15) is 0 Å². The first-order valence-corrected chi connectivity index (χ1v) is 12.1. The normalized spacial score (nSPS) is 23.1. The molecule has 2 rings (SSSR count). The minimum atomic E-state index is -1.84. The highest BCUT2D eigenvalue weighted by Crippen LogP contribution is 2.40. The molecule has 1 N–H and O–H groups in total. The summed E-state index contributed by atoms with van der Waals surface area (Å²) in [5.41, 5.74) is 0. The summed E-state index contributed by atoms with van der Waals surface area (Å²) < 4.78 is 6.58. The van der Waals surface area contributed by atoms with Crippen molar-refractivity contribution < 1.29 is 9.22 Å². The van der Waals surface area contributed by atoms with Gasteiger partial charge in [-0.15, -0.1) is 11.8 Å².